The van der Waals surface area contributed by atoms with Gasteiger partial charge in [0.25, 0.3) is 0 Å². The van der Waals surface area contributed by atoms with Crippen LogP contribution in [0.2, 0.25) is 0 Å². The number of nitrogens with zero attached hydrogens (tertiary/aromatic N) is 5. The van der Waals surface area contributed by atoms with Crippen LogP contribution in [0.3, 0.4) is 0 Å². The Kier molecular flexibility index (Phi) is 8.12. The molecule has 0 aliphatic carbocycles. The average Bonchev–Trinajstić information content (AvgIpc) is 3.14. The van der Waals surface area contributed by atoms with Crippen molar-refractivity contribution in [1.82, 2.24) is 29.6 Å². The van der Waals surface area contributed by atoms with Crippen molar-refractivity contribution in [2.75, 3.05) is 45.8 Å². The number of carbonyl (C=O) groups excluding carboxylic acids is 2. The summed E-state index contributed by atoms with van der Waals surface area (Å²) in [6.45, 7) is 9.01. The van der Waals surface area contributed by atoms with E-state index in [4.69, 9.17) is 0 Å². The van der Waals surface area contributed by atoms with Gasteiger partial charge in [-0.1, -0.05) is 0 Å². The molecule has 28 heavy (non-hydrogen) atoms. The van der Waals surface area contributed by atoms with Gasteiger partial charge in [-0.25, -0.2) is 9.78 Å². The minimum Gasteiger partial charge on any atom is -0.336 e. The van der Waals surface area contributed by atoms with Crippen molar-refractivity contribution in [2.24, 2.45) is 13.0 Å². The van der Waals surface area contributed by atoms with Crippen LogP contribution >= 0.6 is 12.4 Å². The summed E-state index contributed by atoms with van der Waals surface area (Å²) in [5, 5.41) is 3.38. The van der Waals surface area contributed by atoms with Crippen molar-refractivity contribution in [2.45, 2.75) is 32.7 Å². The number of likely N-dealkylation sites (tertiary alicyclic amines) is 1. The number of aromatic nitrogens is 2. The lowest BCUT2D eigenvalue weighted by molar-refractivity contribution is -0.140. The quantitative estimate of drug-likeness (QED) is 0.813. The number of urea groups is 1. The number of piperazine rings is 1. The molecule has 3 rings (SSSR count). The zero-order chi connectivity index (χ0) is 19.4. The van der Waals surface area contributed by atoms with Crippen LogP contribution in [0.5, 0.6) is 0 Å². The van der Waals surface area contributed by atoms with Crippen LogP contribution < -0.4 is 5.32 Å². The lowest BCUT2D eigenvalue weighted by Gasteiger charge is -2.40. The van der Waals surface area contributed by atoms with E-state index < -0.39 is 0 Å². The van der Waals surface area contributed by atoms with Gasteiger partial charge in [0.05, 0.1) is 0 Å². The zero-order valence-corrected chi connectivity index (χ0v) is 18.0. The molecule has 0 radical (unpaired) electrons. The highest BCUT2D eigenvalue weighted by atomic mass is 35.5. The molecule has 2 saturated heterocycles. The summed E-state index contributed by atoms with van der Waals surface area (Å²) in [6, 6.07) is 0.0699. The van der Waals surface area contributed by atoms with Gasteiger partial charge in [-0.2, -0.15) is 0 Å². The molecule has 1 unspecified atom stereocenters. The number of piperidine rings is 1. The lowest BCUT2D eigenvalue weighted by Crippen LogP contribution is -2.53. The monoisotopic (exact) mass is 412 g/mol. The maximum atomic E-state index is 13.2. The van der Waals surface area contributed by atoms with Crippen molar-refractivity contribution >= 4 is 24.3 Å². The van der Waals surface area contributed by atoms with Gasteiger partial charge in [-0.3, -0.25) is 4.79 Å². The van der Waals surface area contributed by atoms with Crippen LogP contribution in [0.1, 0.15) is 38.6 Å². The molecule has 0 saturated carbocycles. The first-order valence-corrected chi connectivity index (χ1v) is 10.1. The van der Waals surface area contributed by atoms with Crippen molar-refractivity contribution in [1.29, 1.82) is 0 Å². The van der Waals surface area contributed by atoms with E-state index in [9.17, 15) is 9.59 Å². The molecular weight excluding hydrogens is 380 g/mol. The molecule has 158 valence electrons. The van der Waals surface area contributed by atoms with Crippen LogP contribution in [0.25, 0.3) is 0 Å². The fourth-order valence-corrected chi connectivity index (χ4v) is 4.14. The molecule has 2 aliphatic heterocycles. The molecule has 1 atom stereocenters. The molecule has 2 fully saturated rings. The van der Waals surface area contributed by atoms with E-state index in [-0.39, 0.29) is 36.3 Å². The van der Waals surface area contributed by atoms with E-state index >= 15 is 0 Å². The van der Waals surface area contributed by atoms with Crippen LogP contribution in [0.4, 0.5) is 4.79 Å². The van der Waals surface area contributed by atoms with Gasteiger partial charge < -0.3 is 24.6 Å². The molecule has 1 aromatic rings. The van der Waals surface area contributed by atoms with Gasteiger partial charge in [-0.05, 0) is 26.7 Å². The number of aryl methyl sites for hydroxylation is 1. The molecule has 3 amide bonds. The third kappa shape index (κ3) is 4.60. The first-order chi connectivity index (χ1) is 13.1. The molecule has 2 aliphatic rings. The summed E-state index contributed by atoms with van der Waals surface area (Å²) >= 11 is 0. The Morgan fingerprint density at radius 3 is 2.46 bits per heavy atom. The molecule has 0 aromatic carbocycles. The highest BCUT2D eigenvalue weighted by Crippen LogP contribution is 2.27. The first-order valence-electron chi connectivity index (χ1n) is 10.1. The van der Waals surface area contributed by atoms with Crippen molar-refractivity contribution in [3.63, 3.8) is 0 Å². The third-order valence-corrected chi connectivity index (χ3v) is 5.83. The minimum absolute atomic E-state index is 0. The van der Waals surface area contributed by atoms with Crippen LogP contribution in [0, 0.1) is 5.92 Å². The molecule has 0 spiro atoms. The average molecular weight is 413 g/mol. The third-order valence-electron chi connectivity index (χ3n) is 5.83. The minimum atomic E-state index is -0.0263. The number of halogens is 1. The Labute approximate surface area is 173 Å². The molecule has 0 bridgehead atoms. The summed E-state index contributed by atoms with van der Waals surface area (Å²) in [7, 11) is 1.97. The maximum Gasteiger partial charge on any atom is 0.319 e. The Bertz CT molecular complexity index is 655. The molecular formula is C19H33ClN6O2. The second-order valence-corrected chi connectivity index (χ2v) is 7.36. The predicted octanol–water partition coefficient (Wildman–Crippen LogP) is 1.49. The maximum absolute atomic E-state index is 13.2. The topological polar surface area (TPSA) is 73.7 Å². The summed E-state index contributed by atoms with van der Waals surface area (Å²) in [6.07, 6.45) is 5.18. The van der Waals surface area contributed by atoms with E-state index in [1.165, 1.54) is 0 Å². The second-order valence-electron chi connectivity index (χ2n) is 7.36. The van der Waals surface area contributed by atoms with Crippen LogP contribution in [-0.4, -0.2) is 82.0 Å². The van der Waals surface area contributed by atoms with Crippen molar-refractivity contribution in [3.8, 4) is 0 Å². The second kappa shape index (κ2) is 10.1. The molecule has 3 heterocycles. The highest BCUT2D eigenvalue weighted by molar-refractivity contribution is 5.85. The first kappa shape index (κ1) is 22.5. The summed E-state index contributed by atoms with van der Waals surface area (Å²) in [4.78, 5) is 36.0. The normalized spacial score (nSPS) is 20.6. The van der Waals surface area contributed by atoms with Crippen LogP contribution in [0.15, 0.2) is 12.4 Å². The number of imidazole rings is 1. The SMILES string of the molecule is CCN(CC)C(=O)N1CCC(C(=O)N2CCNCC2c2nccn2C)CC1.Cl. The van der Waals surface area contributed by atoms with Crippen molar-refractivity contribution in [3.05, 3.63) is 18.2 Å². The van der Waals surface area contributed by atoms with E-state index in [2.05, 4.69) is 10.3 Å². The fourth-order valence-electron chi connectivity index (χ4n) is 4.14. The Morgan fingerprint density at radius 1 is 1.21 bits per heavy atom. The predicted molar refractivity (Wildman–Crippen MR) is 110 cm³/mol. The van der Waals surface area contributed by atoms with E-state index in [0.717, 1.165) is 44.8 Å². The van der Waals surface area contributed by atoms with E-state index in [0.29, 0.717) is 19.6 Å². The van der Waals surface area contributed by atoms with Crippen LogP contribution in [-0.2, 0) is 11.8 Å². The van der Waals surface area contributed by atoms with Gasteiger partial charge >= 0.3 is 6.03 Å². The Morgan fingerprint density at radius 2 is 1.89 bits per heavy atom. The molecule has 9 heteroatoms. The number of amides is 3. The number of hydrogen-bond acceptors (Lipinski definition) is 4. The summed E-state index contributed by atoms with van der Waals surface area (Å²) < 4.78 is 1.99. The Balaban J connectivity index is 0.00000280. The zero-order valence-electron chi connectivity index (χ0n) is 17.1. The fraction of sp³-hybridized carbons (Fsp3) is 0.737. The van der Waals surface area contributed by atoms with Crippen molar-refractivity contribution < 1.29 is 9.59 Å². The van der Waals surface area contributed by atoms with Gasteiger partial charge in [0.2, 0.25) is 5.91 Å². The smallest absolute Gasteiger partial charge is 0.319 e. The van der Waals surface area contributed by atoms with Gasteiger partial charge in [-0.15, -0.1) is 12.4 Å². The standard InChI is InChI=1S/C19H32N6O2.ClH/c1-4-23(5-2)19(27)24-10-6-15(7-11-24)18(26)25-13-8-20-14-16(25)17-21-9-12-22(17)3;/h9,12,15-16,20H,4-8,10-11,13-14H2,1-3H3;1H. The van der Waals surface area contributed by atoms with E-state index in [1.54, 1.807) is 6.20 Å². The number of hydrogen-bond donors (Lipinski definition) is 1. The van der Waals surface area contributed by atoms with E-state index in [1.807, 2.05) is 46.4 Å². The molecule has 1 aromatic heterocycles. The molecule has 8 nitrogen and oxygen atoms in total. The number of carbonyl (C=O) groups is 2. The molecule has 1 N–H and O–H groups in total. The Hall–Kier alpha value is -1.80. The summed E-state index contributed by atoms with van der Waals surface area (Å²) in [5.41, 5.74) is 0. The van der Waals surface area contributed by atoms with Gasteiger partial charge in [0.1, 0.15) is 11.9 Å². The number of nitrogens with one attached hydrogen (secondary N) is 1. The largest absolute Gasteiger partial charge is 0.336 e. The van der Waals surface area contributed by atoms with Gasteiger partial charge in [0.15, 0.2) is 0 Å². The number of rotatable bonds is 4. The highest BCUT2D eigenvalue weighted by Gasteiger charge is 2.36. The lowest BCUT2D eigenvalue weighted by atomic mass is 9.94. The summed E-state index contributed by atoms with van der Waals surface area (Å²) in [5.74, 6) is 1.12. The van der Waals surface area contributed by atoms with Gasteiger partial charge in [0, 0.05) is 71.2 Å².